The molecule has 1 aromatic carbocycles. The Bertz CT molecular complexity index is 800. The van der Waals surface area contributed by atoms with Gasteiger partial charge in [-0.05, 0) is 50.1 Å². The van der Waals surface area contributed by atoms with Gasteiger partial charge in [0.2, 0.25) is 5.82 Å². The van der Waals surface area contributed by atoms with Crippen LogP contribution in [0.15, 0.2) is 36.4 Å². The normalized spacial score (nSPS) is 15.2. The van der Waals surface area contributed by atoms with Gasteiger partial charge in [0.15, 0.2) is 5.78 Å². The fourth-order valence-electron chi connectivity index (χ4n) is 3.11. The Morgan fingerprint density at radius 2 is 1.84 bits per heavy atom. The molecule has 2 heterocycles. The summed E-state index contributed by atoms with van der Waals surface area (Å²) < 4.78 is 13.0. The summed E-state index contributed by atoms with van der Waals surface area (Å²) in [6.07, 6.45) is 1.17. The molecule has 130 valence electrons. The molecule has 0 saturated carbocycles. The average Bonchev–Trinajstić information content (AvgIpc) is 2.61. The van der Waals surface area contributed by atoms with Crippen LogP contribution in [-0.4, -0.2) is 28.8 Å². The highest BCUT2D eigenvalue weighted by Gasteiger charge is 2.29. The maximum Gasteiger partial charge on any atom is 0.311 e. The first kappa shape index (κ1) is 17.0. The summed E-state index contributed by atoms with van der Waals surface area (Å²) >= 11 is 0. The number of nitrogens with zero attached hydrogens (tertiary/aromatic N) is 3. The number of Topliss-reactive ketones (excluding diaryl/α,β-unsaturated/α-hetero) is 1. The predicted molar refractivity (Wildman–Crippen MR) is 91.3 cm³/mol. The summed E-state index contributed by atoms with van der Waals surface area (Å²) in [6.45, 7) is 2.84. The molecule has 0 radical (unpaired) electrons. The Morgan fingerprint density at radius 3 is 2.44 bits per heavy atom. The van der Waals surface area contributed by atoms with E-state index in [4.69, 9.17) is 0 Å². The third-order valence-corrected chi connectivity index (χ3v) is 4.48. The second kappa shape index (κ2) is 6.96. The lowest BCUT2D eigenvalue weighted by Gasteiger charge is -2.32. The van der Waals surface area contributed by atoms with Gasteiger partial charge >= 0.3 is 5.69 Å². The van der Waals surface area contributed by atoms with Crippen molar-refractivity contribution >= 4 is 17.3 Å². The smallest absolute Gasteiger partial charge is 0.311 e. The lowest BCUT2D eigenvalue weighted by atomic mass is 9.89. The van der Waals surface area contributed by atoms with Crippen LogP contribution in [0, 0.1) is 28.8 Å². The highest BCUT2D eigenvalue weighted by atomic mass is 19.1. The number of ketones is 1. The Balaban J connectivity index is 1.72. The number of halogens is 1. The molecule has 1 aliphatic rings. The largest absolute Gasteiger partial charge is 0.351 e. The number of carbonyl (C=O) groups is 1. The van der Waals surface area contributed by atoms with Crippen molar-refractivity contribution in [1.29, 1.82) is 0 Å². The summed E-state index contributed by atoms with van der Waals surface area (Å²) in [5, 5.41) is 11.2. The summed E-state index contributed by atoms with van der Waals surface area (Å²) in [4.78, 5) is 29.5. The van der Waals surface area contributed by atoms with Crippen LogP contribution < -0.4 is 4.90 Å². The molecule has 2 aromatic rings. The minimum atomic E-state index is -0.433. The summed E-state index contributed by atoms with van der Waals surface area (Å²) in [6, 6.07) is 8.64. The average molecular weight is 343 g/mol. The zero-order chi connectivity index (χ0) is 18.0. The van der Waals surface area contributed by atoms with E-state index >= 15 is 0 Å². The molecular formula is C18H18FN3O3. The van der Waals surface area contributed by atoms with Crippen molar-refractivity contribution in [2.45, 2.75) is 19.8 Å². The van der Waals surface area contributed by atoms with Crippen LogP contribution in [0.2, 0.25) is 0 Å². The molecule has 0 N–H and O–H groups in total. The molecule has 7 heteroatoms. The van der Waals surface area contributed by atoms with Gasteiger partial charge in [-0.3, -0.25) is 14.9 Å². The van der Waals surface area contributed by atoms with Crippen molar-refractivity contribution in [2.75, 3.05) is 18.0 Å². The molecule has 1 saturated heterocycles. The molecule has 1 aromatic heterocycles. The first-order valence-electron chi connectivity index (χ1n) is 8.12. The summed E-state index contributed by atoms with van der Waals surface area (Å²) in [5.74, 6) is -0.182. The highest BCUT2D eigenvalue weighted by Crippen LogP contribution is 2.31. The molecule has 6 nitrogen and oxygen atoms in total. The van der Waals surface area contributed by atoms with Gasteiger partial charge in [0.25, 0.3) is 0 Å². The number of hydrogen-bond donors (Lipinski definition) is 0. The van der Waals surface area contributed by atoms with Gasteiger partial charge < -0.3 is 4.90 Å². The summed E-state index contributed by atoms with van der Waals surface area (Å²) in [7, 11) is 0. The Labute approximate surface area is 144 Å². The van der Waals surface area contributed by atoms with Crippen molar-refractivity contribution in [3.63, 3.8) is 0 Å². The van der Waals surface area contributed by atoms with Gasteiger partial charge in [-0.15, -0.1) is 0 Å². The molecule has 0 amide bonds. The number of hydrogen-bond acceptors (Lipinski definition) is 5. The number of pyridine rings is 1. The van der Waals surface area contributed by atoms with Crippen molar-refractivity contribution < 1.29 is 14.1 Å². The van der Waals surface area contributed by atoms with Gasteiger partial charge in [-0.2, -0.15) is 0 Å². The monoisotopic (exact) mass is 343 g/mol. The molecule has 3 rings (SSSR count). The van der Waals surface area contributed by atoms with E-state index < -0.39 is 4.92 Å². The zero-order valence-corrected chi connectivity index (χ0v) is 13.8. The lowest BCUT2D eigenvalue weighted by Crippen LogP contribution is -2.37. The van der Waals surface area contributed by atoms with Crippen molar-refractivity contribution in [3.8, 4) is 0 Å². The third-order valence-electron chi connectivity index (χ3n) is 4.48. The topological polar surface area (TPSA) is 76.3 Å². The number of aryl methyl sites for hydroxylation is 1. The van der Waals surface area contributed by atoms with Gasteiger partial charge in [-0.25, -0.2) is 9.37 Å². The lowest BCUT2D eigenvalue weighted by molar-refractivity contribution is -0.384. The molecule has 0 spiro atoms. The Kier molecular flexibility index (Phi) is 4.74. The number of rotatable bonds is 4. The van der Waals surface area contributed by atoms with Crippen LogP contribution in [-0.2, 0) is 0 Å². The highest BCUT2D eigenvalue weighted by molar-refractivity contribution is 5.98. The fraction of sp³-hybridized carbons (Fsp3) is 0.333. The van der Waals surface area contributed by atoms with Crippen molar-refractivity contribution in [2.24, 2.45) is 5.92 Å². The fourth-order valence-corrected chi connectivity index (χ4v) is 3.11. The van der Waals surface area contributed by atoms with Crippen molar-refractivity contribution in [3.05, 3.63) is 63.6 Å². The Morgan fingerprint density at radius 1 is 1.20 bits per heavy atom. The minimum absolute atomic E-state index is 0.00801. The van der Waals surface area contributed by atoms with Crippen LogP contribution in [0.1, 0.15) is 28.9 Å². The SMILES string of the molecule is Cc1ccc([N+](=O)[O-])c(N2CCC(C(=O)c3ccc(F)cc3)CC2)n1. The number of anilines is 1. The third kappa shape index (κ3) is 3.65. The molecule has 0 aliphatic carbocycles. The van der Waals surface area contributed by atoms with E-state index in [1.165, 1.54) is 30.3 Å². The first-order valence-corrected chi connectivity index (χ1v) is 8.12. The molecule has 1 fully saturated rings. The van der Waals surface area contributed by atoms with Gasteiger partial charge in [0.1, 0.15) is 5.82 Å². The van der Waals surface area contributed by atoms with Gasteiger partial charge in [0, 0.05) is 36.3 Å². The number of nitro groups is 1. The van der Waals surface area contributed by atoms with Crippen LogP contribution in [0.4, 0.5) is 15.9 Å². The molecular weight excluding hydrogens is 325 g/mol. The van der Waals surface area contributed by atoms with Crippen LogP contribution in [0.25, 0.3) is 0 Å². The van der Waals surface area contributed by atoms with E-state index in [-0.39, 0.29) is 23.2 Å². The second-order valence-electron chi connectivity index (χ2n) is 6.18. The number of piperidine rings is 1. The van der Waals surface area contributed by atoms with E-state index in [9.17, 15) is 19.3 Å². The van der Waals surface area contributed by atoms with Gasteiger partial charge in [-0.1, -0.05) is 0 Å². The van der Waals surface area contributed by atoms with Crippen LogP contribution >= 0.6 is 0 Å². The number of aromatic nitrogens is 1. The molecule has 1 aliphatic heterocycles. The van der Waals surface area contributed by atoms with E-state index in [1.54, 1.807) is 13.0 Å². The predicted octanol–water partition coefficient (Wildman–Crippen LogP) is 3.54. The van der Waals surface area contributed by atoms with E-state index in [1.807, 2.05) is 4.90 Å². The molecule has 0 atom stereocenters. The van der Waals surface area contributed by atoms with E-state index in [2.05, 4.69) is 4.98 Å². The van der Waals surface area contributed by atoms with E-state index in [0.717, 1.165) is 0 Å². The molecule has 0 bridgehead atoms. The second-order valence-corrected chi connectivity index (χ2v) is 6.18. The Hall–Kier alpha value is -2.83. The van der Waals surface area contributed by atoms with Gasteiger partial charge in [0.05, 0.1) is 4.92 Å². The number of benzene rings is 1. The van der Waals surface area contributed by atoms with Crippen LogP contribution in [0.3, 0.4) is 0 Å². The molecule has 25 heavy (non-hydrogen) atoms. The first-order chi connectivity index (χ1) is 12.0. The van der Waals surface area contributed by atoms with E-state index in [0.29, 0.717) is 43.0 Å². The molecule has 0 unspecified atom stereocenters. The maximum atomic E-state index is 13.0. The number of carbonyl (C=O) groups excluding carboxylic acids is 1. The standard InChI is InChI=1S/C18H18FN3O3/c1-12-2-7-16(22(24)25)18(20-12)21-10-8-14(9-11-21)17(23)13-3-5-15(19)6-4-13/h2-7,14H,8-11H2,1H3. The van der Waals surface area contributed by atoms with Crippen molar-refractivity contribution in [1.82, 2.24) is 4.98 Å². The summed E-state index contributed by atoms with van der Waals surface area (Å²) in [5.41, 5.74) is 1.19. The minimum Gasteiger partial charge on any atom is -0.351 e. The van der Waals surface area contributed by atoms with Crippen LogP contribution in [0.5, 0.6) is 0 Å². The maximum absolute atomic E-state index is 13.0. The zero-order valence-electron chi connectivity index (χ0n) is 13.8. The quantitative estimate of drug-likeness (QED) is 0.482.